The van der Waals surface area contributed by atoms with Crippen molar-refractivity contribution in [3.05, 3.63) is 29.8 Å². The number of amides is 1. The van der Waals surface area contributed by atoms with Crippen LogP contribution in [-0.2, 0) is 16.0 Å². The van der Waals surface area contributed by atoms with Crippen molar-refractivity contribution >= 4 is 17.6 Å². The molecule has 0 aliphatic carbocycles. The molecule has 1 aromatic rings. The molecule has 1 atom stereocenters. The van der Waals surface area contributed by atoms with Crippen LogP contribution in [0.25, 0.3) is 0 Å². The number of carboxylic acids is 1. The molecule has 1 heterocycles. The molecule has 1 aliphatic rings. The summed E-state index contributed by atoms with van der Waals surface area (Å²) < 4.78 is 0. The monoisotopic (exact) mass is 290 g/mol. The highest BCUT2D eigenvalue weighted by Gasteiger charge is 2.19. The molecule has 1 amide bonds. The molecule has 2 rings (SSSR count). The van der Waals surface area contributed by atoms with Crippen LogP contribution in [0.3, 0.4) is 0 Å². The van der Waals surface area contributed by atoms with E-state index in [2.05, 4.69) is 10.6 Å². The summed E-state index contributed by atoms with van der Waals surface area (Å²) in [5, 5.41) is 14.8. The number of anilines is 1. The molecule has 5 heteroatoms. The quantitative estimate of drug-likeness (QED) is 0.776. The lowest BCUT2D eigenvalue weighted by molar-refractivity contribution is -0.137. The van der Waals surface area contributed by atoms with Crippen molar-refractivity contribution in [2.45, 2.75) is 44.6 Å². The lowest BCUT2D eigenvalue weighted by Gasteiger charge is -2.15. The molecule has 0 saturated carbocycles. The van der Waals surface area contributed by atoms with Crippen LogP contribution < -0.4 is 10.6 Å². The lowest BCUT2D eigenvalue weighted by Crippen LogP contribution is -2.39. The van der Waals surface area contributed by atoms with Crippen LogP contribution in [0.15, 0.2) is 24.3 Å². The summed E-state index contributed by atoms with van der Waals surface area (Å²) in [6.07, 6.45) is 4.89. The second-order valence-corrected chi connectivity index (χ2v) is 5.44. The molecule has 1 unspecified atom stereocenters. The summed E-state index contributed by atoms with van der Waals surface area (Å²) >= 11 is 0. The van der Waals surface area contributed by atoms with E-state index in [1.54, 1.807) is 0 Å². The highest BCUT2D eigenvalue weighted by molar-refractivity contribution is 5.94. The summed E-state index contributed by atoms with van der Waals surface area (Å²) in [5.74, 6) is -0.790. The van der Waals surface area contributed by atoms with Gasteiger partial charge in [-0.1, -0.05) is 25.0 Å². The Labute approximate surface area is 124 Å². The van der Waals surface area contributed by atoms with Gasteiger partial charge in [-0.25, -0.2) is 0 Å². The largest absolute Gasteiger partial charge is 0.481 e. The Kier molecular flexibility index (Phi) is 5.75. The van der Waals surface area contributed by atoms with Crippen molar-refractivity contribution in [1.82, 2.24) is 5.32 Å². The van der Waals surface area contributed by atoms with Crippen LogP contribution in [0.2, 0.25) is 0 Å². The molecule has 0 aromatic heterocycles. The second kappa shape index (κ2) is 7.78. The number of carboxylic acid groups (broad SMARTS) is 1. The van der Waals surface area contributed by atoms with Crippen LogP contribution >= 0.6 is 0 Å². The predicted octanol–water partition coefficient (Wildman–Crippen LogP) is 2.17. The van der Waals surface area contributed by atoms with E-state index in [1.807, 2.05) is 24.3 Å². The van der Waals surface area contributed by atoms with Gasteiger partial charge in [0, 0.05) is 12.1 Å². The maximum atomic E-state index is 12.2. The first-order valence-corrected chi connectivity index (χ1v) is 7.50. The second-order valence-electron chi connectivity index (χ2n) is 5.44. The summed E-state index contributed by atoms with van der Waals surface area (Å²) in [5.41, 5.74) is 1.72. The third-order valence-corrected chi connectivity index (χ3v) is 3.73. The van der Waals surface area contributed by atoms with Crippen molar-refractivity contribution in [3.63, 3.8) is 0 Å². The van der Waals surface area contributed by atoms with Gasteiger partial charge in [0.05, 0.1) is 6.04 Å². The molecule has 114 valence electrons. The number of aliphatic carboxylic acids is 1. The van der Waals surface area contributed by atoms with Crippen molar-refractivity contribution in [2.24, 2.45) is 0 Å². The minimum Gasteiger partial charge on any atom is -0.481 e. The van der Waals surface area contributed by atoms with E-state index in [9.17, 15) is 9.59 Å². The van der Waals surface area contributed by atoms with E-state index < -0.39 is 5.97 Å². The van der Waals surface area contributed by atoms with Crippen molar-refractivity contribution in [2.75, 3.05) is 11.9 Å². The molecule has 0 radical (unpaired) electrons. The van der Waals surface area contributed by atoms with Crippen LogP contribution in [0.4, 0.5) is 5.69 Å². The number of nitrogens with one attached hydrogen (secondary N) is 2. The Balaban J connectivity index is 1.87. The van der Waals surface area contributed by atoms with Gasteiger partial charge < -0.3 is 15.7 Å². The molecular weight excluding hydrogens is 268 g/mol. The van der Waals surface area contributed by atoms with Crippen molar-refractivity contribution in [1.29, 1.82) is 0 Å². The van der Waals surface area contributed by atoms with Crippen LogP contribution in [0, 0.1) is 0 Å². The maximum Gasteiger partial charge on any atom is 0.303 e. The third-order valence-electron chi connectivity index (χ3n) is 3.73. The first-order chi connectivity index (χ1) is 10.1. The Hall–Kier alpha value is -1.88. The van der Waals surface area contributed by atoms with Gasteiger partial charge in [0.2, 0.25) is 5.91 Å². The zero-order chi connectivity index (χ0) is 15.1. The minimum absolute atomic E-state index is 0.00943. The predicted molar refractivity (Wildman–Crippen MR) is 81.3 cm³/mol. The number of hydrogen-bond acceptors (Lipinski definition) is 3. The maximum absolute atomic E-state index is 12.2. The smallest absolute Gasteiger partial charge is 0.303 e. The molecule has 1 aromatic carbocycles. The number of carbonyl (C=O) groups excluding carboxylic acids is 1. The topological polar surface area (TPSA) is 78.4 Å². The average Bonchev–Trinajstić information content (AvgIpc) is 2.75. The fourth-order valence-electron chi connectivity index (χ4n) is 2.49. The van der Waals surface area contributed by atoms with Gasteiger partial charge >= 0.3 is 5.97 Å². The summed E-state index contributed by atoms with van der Waals surface area (Å²) in [7, 11) is 0. The molecule has 1 saturated heterocycles. The van der Waals surface area contributed by atoms with E-state index in [-0.39, 0.29) is 18.4 Å². The molecule has 1 aliphatic heterocycles. The number of aryl methyl sites for hydroxylation is 1. The van der Waals surface area contributed by atoms with Crippen LogP contribution in [0.5, 0.6) is 0 Å². The number of carbonyl (C=O) groups is 2. The summed E-state index contributed by atoms with van der Waals surface area (Å²) in [6, 6.07) is 7.26. The Morgan fingerprint density at radius 2 is 1.95 bits per heavy atom. The highest BCUT2D eigenvalue weighted by Crippen LogP contribution is 2.14. The summed E-state index contributed by atoms with van der Waals surface area (Å²) in [6.45, 7) is 0.895. The third kappa shape index (κ3) is 5.19. The molecule has 1 fully saturated rings. The molecule has 0 bridgehead atoms. The fraction of sp³-hybridized carbons (Fsp3) is 0.500. The van der Waals surface area contributed by atoms with Gasteiger partial charge in [-0.2, -0.15) is 0 Å². The molecule has 5 nitrogen and oxygen atoms in total. The van der Waals surface area contributed by atoms with Gasteiger partial charge in [0.1, 0.15) is 0 Å². The van der Waals surface area contributed by atoms with E-state index >= 15 is 0 Å². The molecule has 0 spiro atoms. The lowest BCUT2D eigenvalue weighted by atomic mass is 10.1. The van der Waals surface area contributed by atoms with Crippen LogP contribution in [-0.4, -0.2) is 29.6 Å². The minimum atomic E-state index is -0.799. The number of rotatable bonds is 5. The van der Waals surface area contributed by atoms with E-state index in [1.165, 1.54) is 6.42 Å². The van der Waals surface area contributed by atoms with E-state index in [0.29, 0.717) is 6.42 Å². The molecular formula is C16H22N2O3. The van der Waals surface area contributed by atoms with E-state index in [0.717, 1.165) is 37.1 Å². The normalized spacial score (nSPS) is 18.8. The van der Waals surface area contributed by atoms with Gasteiger partial charge in [-0.05, 0) is 43.5 Å². The Bertz CT molecular complexity index is 477. The zero-order valence-corrected chi connectivity index (χ0v) is 12.1. The number of benzene rings is 1. The standard InChI is InChI=1S/C16H22N2O3/c19-15(20)10-7-12-5-8-13(9-6-12)18-16(21)14-4-2-1-3-11-17-14/h5-6,8-9,14,17H,1-4,7,10-11H2,(H,18,21)(H,19,20). The van der Waals surface area contributed by atoms with Gasteiger partial charge in [-0.15, -0.1) is 0 Å². The van der Waals surface area contributed by atoms with Gasteiger partial charge in [0.15, 0.2) is 0 Å². The summed E-state index contributed by atoms with van der Waals surface area (Å²) in [4.78, 5) is 22.7. The van der Waals surface area contributed by atoms with E-state index in [4.69, 9.17) is 5.11 Å². The average molecular weight is 290 g/mol. The fourth-order valence-corrected chi connectivity index (χ4v) is 2.49. The Morgan fingerprint density at radius 1 is 1.19 bits per heavy atom. The first-order valence-electron chi connectivity index (χ1n) is 7.50. The molecule has 3 N–H and O–H groups in total. The first kappa shape index (κ1) is 15.5. The van der Waals surface area contributed by atoms with Gasteiger partial charge in [-0.3, -0.25) is 9.59 Å². The molecule has 21 heavy (non-hydrogen) atoms. The zero-order valence-electron chi connectivity index (χ0n) is 12.1. The number of hydrogen-bond donors (Lipinski definition) is 3. The van der Waals surface area contributed by atoms with Crippen LogP contribution in [0.1, 0.15) is 37.7 Å². The van der Waals surface area contributed by atoms with Gasteiger partial charge in [0.25, 0.3) is 0 Å². The SMILES string of the molecule is O=C(O)CCc1ccc(NC(=O)C2CCCCCN2)cc1. The van der Waals surface area contributed by atoms with Crippen molar-refractivity contribution in [3.8, 4) is 0 Å². The Morgan fingerprint density at radius 3 is 2.67 bits per heavy atom. The van der Waals surface area contributed by atoms with Crippen molar-refractivity contribution < 1.29 is 14.7 Å². The highest BCUT2D eigenvalue weighted by atomic mass is 16.4.